The molecule has 0 bridgehead atoms. The first-order valence-electron chi connectivity index (χ1n) is 6.75. The average molecular weight is 291 g/mol. The SMILES string of the molecule is CC(C)c1nc(COc2cc3c(cc2CN)OCO3)no1. The lowest BCUT2D eigenvalue weighted by Gasteiger charge is -2.09. The lowest BCUT2D eigenvalue weighted by molar-refractivity contribution is 0.173. The summed E-state index contributed by atoms with van der Waals surface area (Å²) in [6, 6.07) is 3.60. The first kappa shape index (κ1) is 13.7. The third-order valence-corrected chi connectivity index (χ3v) is 3.11. The van der Waals surface area contributed by atoms with Crippen LogP contribution in [0.25, 0.3) is 0 Å². The Balaban J connectivity index is 1.75. The fraction of sp³-hybridized carbons (Fsp3) is 0.429. The maximum Gasteiger partial charge on any atom is 0.231 e. The number of hydrogen-bond acceptors (Lipinski definition) is 7. The van der Waals surface area contributed by atoms with Gasteiger partial charge in [0, 0.05) is 24.1 Å². The van der Waals surface area contributed by atoms with Crippen molar-refractivity contribution in [3.8, 4) is 17.2 Å². The molecule has 112 valence electrons. The summed E-state index contributed by atoms with van der Waals surface area (Å²) in [6.45, 7) is 4.74. The van der Waals surface area contributed by atoms with E-state index in [1.54, 1.807) is 6.07 Å². The minimum Gasteiger partial charge on any atom is -0.485 e. The van der Waals surface area contributed by atoms with Crippen LogP contribution < -0.4 is 19.9 Å². The van der Waals surface area contributed by atoms with Gasteiger partial charge in [-0.2, -0.15) is 4.98 Å². The maximum atomic E-state index is 5.73. The first-order chi connectivity index (χ1) is 10.2. The highest BCUT2D eigenvalue weighted by Gasteiger charge is 2.18. The molecule has 2 N–H and O–H groups in total. The molecule has 7 heteroatoms. The highest BCUT2D eigenvalue weighted by Crippen LogP contribution is 2.38. The monoisotopic (exact) mass is 291 g/mol. The van der Waals surface area contributed by atoms with Crippen molar-refractivity contribution in [2.75, 3.05) is 6.79 Å². The van der Waals surface area contributed by atoms with Crippen LogP contribution in [0.15, 0.2) is 16.7 Å². The highest BCUT2D eigenvalue weighted by molar-refractivity contribution is 5.51. The Morgan fingerprint density at radius 2 is 2.05 bits per heavy atom. The Labute approximate surface area is 122 Å². The van der Waals surface area contributed by atoms with E-state index >= 15 is 0 Å². The van der Waals surface area contributed by atoms with Gasteiger partial charge in [-0.3, -0.25) is 0 Å². The van der Waals surface area contributed by atoms with Gasteiger partial charge in [-0.15, -0.1) is 0 Å². The number of nitrogens with zero attached hydrogens (tertiary/aromatic N) is 2. The van der Waals surface area contributed by atoms with Gasteiger partial charge in [0.1, 0.15) is 5.75 Å². The fourth-order valence-electron chi connectivity index (χ4n) is 1.96. The van der Waals surface area contributed by atoms with E-state index in [9.17, 15) is 0 Å². The smallest absolute Gasteiger partial charge is 0.231 e. The van der Waals surface area contributed by atoms with Crippen molar-refractivity contribution in [2.24, 2.45) is 5.73 Å². The zero-order chi connectivity index (χ0) is 14.8. The fourth-order valence-corrected chi connectivity index (χ4v) is 1.96. The predicted octanol–water partition coefficient (Wildman–Crippen LogP) is 1.96. The third-order valence-electron chi connectivity index (χ3n) is 3.11. The van der Waals surface area contributed by atoms with Gasteiger partial charge in [0.25, 0.3) is 0 Å². The van der Waals surface area contributed by atoms with Gasteiger partial charge < -0.3 is 24.5 Å². The minimum absolute atomic E-state index is 0.191. The van der Waals surface area contributed by atoms with Crippen molar-refractivity contribution in [3.05, 3.63) is 29.4 Å². The Morgan fingerprint density at radius 1 is 1.29 bits per heavy atom. The molecule has 1 aromatic heterocycles. The van der Waals surface area contributed by atoms with Crippen molar-refractivity contribution >= 4 is 0 Å². The van der Waals surface area contributed by atoms with E-state index in [4.69, 9.17) is 24.5 Å². The molecule has 0 amide bonds. The number of aromatic nitrogens is 2. The second-order valence-corrected chi connectivity index (χ2v) is 5.01. The van der Waals surface area contributed by atoms with Crippen LogP contribution in [0.2, 0.25) is 0 Å². The molecule has 0 fully saturated rings. The summed E-state index contributed by atoms with van der Waals surface area (Å²) in [5.41, 5.74) is 6.57. The van der Waals surface area contributed by atoms with Gasteiger partial charge in [-0.05, 0) is 6.07 Å². The van der Waals surface area contributed by atoms with E-state index in [-0.39, 0.29) is 19.3 Å². The summed E-state index contributed by atoms with van der Waals surface area (Å²) >= 11 is 0. The lowest BCUT2D eigenvalue weighted by Crippen LogP contribution is -2.04. The van der Waals surface area contributed by atoms with Crippen LogP contribution in [-0.2, 0) is 13.2 Å². The number of benzene rings is 1. The molecule has 1 aliphatic rings. The number of fused-ring (bicyclic) bond motifs is 1. The molecule has 2 heterocycles. The Bertz CT molecular complexity index is 639. The molecule has 1 aliphatic heterocycles. The van der Waals surface area contributed by atoms with Crippen LogP contribution in [0.5, 0.6) is 17.2 Å². The average Bonchev–Trinajstić information content (AvgIpc) is 3.12. The first-order valence-corrected chi connectivity index (χ1v) is 6.75. The lowest BCUT2D eigenvalue weighted by atomic mass is 10.2. The molecular weight excluding hydrogens is 274 g/mol. The van der Waals surface area contributed by atoms with Crippen LogP contribution in [-0.4, -0.2) is 16.9 Å². The molecule has 0 saturated heterocycles. The predicted molar refractivity (Wildman–Crippen MR) is 73.2 cm³/mol. The summed E-state index contributed by atoms with van der Waals surface area (Å²) in [5.74, 6) is 3.26. The van der Waals surface area contributed by atoms with Crippen molar-refractivity contribution in [1.29, 1.82) is 0 Å². The van der Waals surface area contributed by atoms with Crippen LogP contribution in [0.3, 0.4) is 0 Å². The van der Waals surface area contributed by atoms with E-state index in [1.807, 2.05) is 19.9 Å². The molecule has 0 atom stereocenters. The standard InChI is InChI=1S/C14H17N3O4/c1-8(2)14-16-13(17-21-14)6-18-10-4-12-11(19-7-20-12)3-9(10)5-15/h3-4,8H,5-7,15H2,1-2H3. The summed E-state index contributed by atoms with van der Waals surface area (Å²) in [5, 5.41) is 3.88. The summed E-state index contributed by atoms with van der Waals surface area (Å²) in [6.07, 6.45) is 0. The van der Waals surface area contributed by atoms with Crippen molar-refractivity contribution in [2.45, 2.75) is 32.9 Å². The summed E-state index contributed by atoms with van der Waals surface area (Å²) < 4.78 is 21.5. The molecule has 2 aromatic rings. The molecule has 3 rings (SSSR count). The molecule has 0 radical (unpaired) electrons. The molecule has 1 aromatic carbocycles. The van der Waals surface area contributed by atoms with Crippen LogP contribution in [0, 0.1) is 0 Å². The quantitative estimate of drug-likeness (QED) is 0.900. The van der Waals surface area contributed by atoms with Crippen molar-refractivity contribution < 1.29 is 18.7 Å². The molecule has 0 saturated carbocycles. The molecule has 0 unspecified atom stereocenters. The maximum absolute atomic E-state index is 5.73. The molecular formula is C14H17N3O4. The van der Waals surface area contributed by atoms with E-state index in [0.717, 1.165) is 5.56 Å². The van der Waals surface area contributed by atoms with Gasteiger partial charge >= 0.3 is 0 Å². The third kappa shape index (κ3) is 2.78. The highest BCUT2D eigenvalue weighted by atomic mass is 16.7. The second kappa shape index (κ2) is 5.61. The Hall–Kier alpha value is -2.28. The Kier molecular flexibility index (Phi) is 3.66. The van der Waals surface area contributed by atoms with Gasteiger partial charge in [0.2, 0.25) is 18.5 Å². The van der Waals surface area contributed by atoms with Crippen LogP contribution in [0.4, 0.5) is 0 Å². The van der Waals surface area contributed by atoms with Crippen LogP contribution in [0.1, 0.15) is 37.0 Å². The number of ether oxygens (including phenoxy) is 3. The topological polar surface area (TPSA) is 92.6 Å². The zero-order valence-corrected chi connectivity index (χ0v) is 12.0. The van der Waals surface area contributed by atoms with Crippen molar-refractivity contribution in [1.82, 2.24) is 10.1 Å². The minimum atomic E-state index is 0.191. The zero-order valence-electron chi connectivity index (χ0n) is 12.0. The molecule has 0 aliphatic carbocycles. The normalized spacial score (nSPS) is 13.0. The summed E-state index contributed by atoms with van der Waals surface area (Å²) in [4.78, 5) is 4.26. The van der Waals surface area contributed by atoms with Gasteiger partial charge in [-0.1, -0.05) is 19.0 Å². The molecule has 7 nitrogen and oxygen atoms in total. The van der Waals surface area contributed by atoms with Gasteiger partial charge in [0.15, 0.2) is 18.1 Å². The van der Waals surface area contributed by atoms with E-state index in [0.29, 0.717) is 35.5 Å². The van der Waals surface area contributed by atoms with Crippen LogP contribution >= 0.6 is 0 Å². The largest absolute Gasteiger partial charge is 0.485 e. The second-order valence-electron chi connectivity index (χ2n) is 5.01. The number of nitrogens with two attached hydrogens (primary N) is 1. The number of hydrogen-bond donors (Lipinski definition) is 1. The van der Waals surface area contributed by atoms with Gasteiger partial charge in [0.05, 0.1) is 0 Å². The Morgan fingerprint density at radius 3 is 2.71 bits per heavy atom. The van der Waals surface area contributed by atoms with Gasteiger partial charge in [-0.25, -0.2) is 0 Å². The van der Waals surface area contributed by atoms with E-state index in [1.165, 1.54) is 0 Å². The van der Waals surface area contributed by atoms with E-state index < -0.39 is 0 Å². The molecule has 0 spiro atoms. The molecule has 21 heavy (non-hydrogen) atoms. The van der Waals surface area contributed by atoms with Crippen molar-refractivity contribution in [3.63, 3.8) is 0 Å². The summed E-state index contributed by atoms with van der Waals surface area (Å²) in [7, 11) is 0. The van der Waals surface area contributed by atoms with E-state index in [2.05, 4.69) is 10.1 Å². The number of rotatable bonds is 5.